The van der Waals surface area contributed by atoms with E-state index in [0.717, 1.165) is 57.6 Å². The van der Waals surface area contributed by atoms with E-state index in [-0.39, 0.29) is 23.4 Å². The van der Waals surface area contributed by atoms with Gasteiger partial charge in [-0.3, -0.25) is 23.8 Å². The molecule has 3 fully saturated rings. The van der Waals surface area contributed by atoms with E-state index in [4.69, 9.17) is 0 Å². The summed E-state index contributed by atoms with van der Waals surface area (Å²) in [6, 6.07) is 1.35. The number of fused-ring (bicyclic) bond motifs is 1. The number of imide groups is 1. The zero-order valence-electron chi connectivity index (χ0n) is 17.7. The predicted octanol–water partition coefficient (Wildman–Crippen LogP) is 1.33. The first kappa shape index (κ1) is 20.6. The Morgan fingerprint density at radius 2 is 1.94 bits per heavy atom. The molecule has 2 aliphatic heterocycles. The van der Waals surface area contributed by atoms with E-state index < -0.39 is 5.54 Å². The third kappa shape index (κ3) is 3.66. The summed E-state index contributed by atoms with van der Waals surface area (Å²) in [6.45, 7) is 6.18. The van der Waals surface area contributed by atoms with Crippen LogP contribution in [0.3, 0.4) is 0 Å². The van der Waals surface area contributed by atoms with Crippen molar-refractivity contribution in [3.63, 3.8) is 0 Å². The molecule has 3 aliphatic rings. The largest absolute Gasteiger partial charge is 0.326 e. The quantitative estimate of drug-likeness (QED) is 0.716. The number of nitrogens with zero attached hydrogens (tertiary/aromatic N) is 5. The number of nitrogens with one attached hydrogen (secondary N) is 1. The van der Waals surface area contributed by atoms with Gasteiger partial charge >= 0.3 is 6.03 Å². The molecule has 2 saturated heterocycles. The summed E-state index contributed by atoms with van der Waals surface area (Å²) in [7, 11) is 0. The molecular weight excluding hydrogens is 416 g/mol. The third-order valence-electron chi connectivity index (χ3n) is 7.05. The van der Waals surface area contributed by atoms with Crippen molar-refractivity contribution < 1.29 is 9.59 Å². The molecule has 3 amide bonds. The molecule has 2 atom stereocenters. The predicted molar refractivity (Wildman–Crippen MR) is 117 cm³/mol. The molecule has 1 aliphatic carbocycles. The van der Waals surface area contributed by atoms with Crippen molar-refractivity contribution in [1.82, 2.24) is 29.4 Å². The molecule has 31 heavy (non-hydrogen) atoms. The van der Waals surface area contributed by atoms with Crippen LogP contribution in [0, 0.1) is 5.92 Å². The van der Waals surface area contributed by atoms with Gasteiger partial charge in [0.2, 0.25) is 0 Å². The lowest BCUT2D eigenvalue weighted by molar-refractivity contribution is -0.136. The normalized spacial score (nSPS) is 28.0. The van der Waals surface area contributed by atoms with E-state index in [0.29, 0.717) is 18.2 Å². The van der Waals surface area contributed by atoms with Gasteiger partial charge in [0.1, 0.15) is 5.54 Å². The number of urea groups is 1. The maximum absolute atomic E-state index is 13.2. The van der Waals surface area contributed by atoms with Crippen LogP contribution in [0.4, 0.5) is 4.79 Å². The first-order valence-electron chi connectivity index (χ1n) is 11.0. The summed E-state index contributed by atoms with van der Waals surface area (Å²) in [5.74, 6) is 0.123. The second-order valence-electron chi connectivity index (χ2n) is 8.96. The van der Waals surface area contributed by atoms with Crippen molar-refractivity contribution in [2.75, 3.05) is 32.8 Å². The third-order valence-corrected chi connectivity index (χ3v) is 7.81. The number of amides is 3. The molecule has 4 heterocycles. The van der Waals surface area contributed by atoms with Crippen molar-refractivity contribution in [3.05, 3.63) is 33.7 Å². The number of carbonyl (C=O) groups excluding carboxylic acids is 2. The van der Waals surface area contributed by atoms with E-state index in [9.17, 15) is 14.4 Å². The van der Waals surface area contributed by atoms with Crippen LogP contribution >= 0.6 is 11.3 Å². The molecule has 1 spiro atoms. The highest BCUT2D eigenvalue weighted by molar-refractivity contribution is 7.15. The highest BCUT2D eigenvalue weighted by atomic mass is 32.1. The zero-order chi connectivity index (χ0) is 21.6. The van der Waals surface area contributed by atoms with Crippen LogP contribution in [0.25, 0.3) is 4.96 Å². The fourth-order valence-corrected chi connectivity index (χ4v) is 5.85. The fraction of sp³-hybridized carbons (Fsp3) is 0.619. The summed E-state index contributed by atoms with van der Waals surface area (Å²) in [5.41, 5.74) is 0.0321. The molecule has 1 N–H and O–H groups in total. The maximum atomic E-state index is 13.2. The topological polar surface area (TPSA) is 90.3 Å². The van der Waals surface area contributed by atoms with Gasteiger partial charge in [-0.15, -0.1) is 11.3 Å². The van der Waals surface area contributed by atoms with Crippen LogP contribution in [0.15, 0.2) is 22.4 Å². The van der Waals surface area contributed by atoms with E-state index in [1.165, 1.54) is 16.2 Å². The Labute approximate surface area is 184 Å². The zero-order valence-corrected chi connectivity index (χ0v) is 18.6. The molecule has 2 aromatic heterocycles. The number of aromatic nitrogens is 2. The van der Waals surface area contributed by atoms with Crippen LogP contribution in [-0.4, -0.2) is 74.4 Å². The van der Waals surface area contributed by atoms with Gasteiger partial charge in [-0.25, -0.2) is 14.7 Å². The SMILES string of the molecule is C[C@H]1CCCC[C@@]12NC(=O)N(CN1CCN(Cc3cc(=O)n4ccsc4n3)CC1)C2=O. The van der Waals surface area contributed by atoms with Gasteiger partial charge in [-0.05, 0) is 18.8 Å². The fourth-order valence-electron chi connectivity index (χ4n) is 5.11. The minimum atomic E-state index is -0.697. The summed E-state index contributed by atoms with van der Waals surface area (Å²) < 4.78 is 1.56. The molecule has 0 radical (unpaired) electrons. The highest BCUT2D eigenvalue weighted by Gasteiger charge is 2.55. The molecule has 166 valence electrons. The monoisotopic (exact) mass is 444 g/mol. The summed E-state index contributed by atoms with van der Waals surface area (Å²) in [4.78, 5) is 49.1. The van der Waals surface area contributed by atoms with Gasteiger partial charge in [0.25, 0.3) is 11.5 Å². The smallest absolute Gasteiger partial charge is 0.323 e. The van der Waals surface area contributed by atoms with Gasteiger partial charge in [0.05, 0.1) is 12.4 Å². The molecule has 0 bridgehead atoms. The van der Waals surface area contributed by atoms with Crippen LogP contribution in [0.2, 0.25) is 0 Å². The molecule has 0 unspecified atom stereocenters. The van der Waals surface area contributed by atoms with E-state index in [1.54, 1.807) is 16.7 Å². The highest BCUT2D eigenvalue weighted by Crippen LogP contribution is 2.38. The number of rotatable bonds is 4. The standard InChI is InChI=1S/C21H28N6O3S/c1-15-4-2-3-5-21(15)18(29)27(19(30)23-21)14-25-8-6-24(7-9-25)13-16-12-17(28)26-10-11-31-20(26)22-16/h10-12,15H,2-9,13-14H2,1H3,(H,23,30)/t15-,21+/m0/s1. The van der Waals surface area contributed by atoms with Gasteiger partial charge in [0, 0.05) is 50.4 Å². The minimum Gasteiger partial charge on any atom is -0.323 e. The Balaban J connectivity index is 1.18. The average Bonchev–Trinajstić information content (AvgIpc) is 3.31. The number of hydrogen-bond donors (Lipinski definition) is 1. The molecule has 5 rings (SSSR count). The van der Waals surface area contributed by atoms with Gasteiger partial charge < -0.3 is 5.32 Å². The number of piperazine rings is 1. The number of hydrogen-bond acceptors (Lipinski definition) is 7. The maximum Gasteiger partial charge on any atom is 0.326 e. The van der Waals surface area contributed by atoms with Crippen LogP contribution in [-0.2, 0) is 11.3 Å². The van der Waals surface area contributed by atoms with Crippen LogP contribution in [0.1, 0.15) is 38.3 Å². The number of thiazole rings is 1. The molecule has 10 heteroatoms. The van der Waals surface area contributed by atoms with Crippen LogP contribution in [0.5, 0.6) is 0 Å². The Kier molecular flexibility index (Phi) is 5.31. The molecule has 0 aromatic carbocycles. The molecule has 2 aromatic rings. The van der Waals surface area contributed by atoms with Crippen molar-refractivity contribution >= 4 is 28.2 Å². The van der Waals surface area contributed by atoms with Gasteiger partial charge in [-0.1, -0.05) is 19.8 Å². The Morgan fingerprint density at radius 1 is 1.16 bits per heavy atom. The molecule has 9 nitrogen and oxygen atoms in total. The molecular formula is C21H28N6O3S. The molecule has 1 saturated carbocycles. The second-order valence-corrected chi connectivity index (χ2v) is 9.83. The average molecular weight is 445 g/mol. The summed E-state index contributed by atoms with van der Waals surface area (Å²) >= 11 is 1.46. The summed E-state index contributed by atoms with van der Waals surface area (Å²) in [5, 5.41) is 4.89. The van der Waals surface area contributed by atoms with Gasteiger partial charge in [0.15, 0.2) is 4.96 Å². The lowest BCUT2D eigenvalue weighted by atomic mass is 9.73. The van der Waals surface area contributed by atoms with Crippen molar-refractivity contribution in [3.8, 4) is 0 Å². The van der Waals surface area contributed by atoms with Crippen molar-refractivity contribution in [2.45, 2.75) is 44.7 Å². The first-order chi connectivity index (χ1) is 15.0. The van der Waals surface area contributed by atoms with E-state index >= 15 is 0 Å². The number of carbonyl (C=O) groups is 2. The Morgan fingerprint density at radius 3 is 2.71 bits per heavy atom. The second kappa shape index (κ2) is 7.99. The lowest BCUT2D eigenvalue weighted by Crippen LogP contribution is -2.55. The van der Waals surface area contributed by atoms with Crippen molar-refractivity contribution in [2.24, 2.45) is 5.92 Å². The first-order valence-corrected chi connectivity index (χ1v) is 11.9. The lowest BCUT2D eigenvalue weighted by Gasteiger charge is -2.38. The van der Waals surface area contributed by atoms with E-state index in [2.05, 4.69) is 27.0 Å². The summed E-state index contributed by atoms with van der Waals surface area (Å²) in [6.07, 6.45) is 5.57. The van der Waals surface area contributed by atoms with Crippen molar-refractivity contribution in [1.29, 1.82) is 0 Å². The van der Waals surface area contributed by atoms with Crippen LogP contribution < -0.4 is 10.9 Å². The van der Waals surface area contributed by atoms with E-state index in [1.807, 2.05) is 5.38 Å². The Bertz CT molecular complexity index is 1060. The Hall–Kier alpha value is -2.30. The minimum absolute atomic E-state index is 0.0516. The van der Waals surface area contributed by atoms with Gasteiger partial charge in [-0.2, -0.15) is 0 Å².